The summed E-state index contributed by atoms with van der Waals surface area (Å²) in [6.07, 6.45) is 6.92. The lowest BCUT2D eigenvalue weighted by molar-refractivity contribution is 0.460. The van der Waals surface area contributed by atoms with Gasteiger partial charge in [-0.2, -0.15) is 5.10 Å². The molecule has 2 atom stereocenters. The van der Waals surface area contributed by atoms with Gasteiger partial charge < -0.3 is 10.6 Å². The number of nitrogens with two attached hydrogens (primary N) is 1. The molecule has 0 spiro atoms. The number of halogens is 1. The third-order valence-corrected chi connectivity index (χ3v) is 4.99. The van der Waals surface area contributed by atoms with E-state index in [-0.39, 0.29) is 5.56 Å². The highest BCUT2D eigenvalue weighted by Crippen LogP contribution is 2.34. The minimum Gasteiger partial charge on any atom is -0.366 e. The number of allylic oxidation sites excluding steroid dienone is 1. The van der Waals surface area contributed by atoms with Gasteiger partial charge in [-0.25, -0.2) is 4.68 Å². The number of hydrogen-bond donors (Lipinski definition) is 1. The van der Waals surface area contributed by atoms with Crippen molar-refractivity contribution in [2.45, 2.75) is 38.8 Å². The van der Waals surface area contributed by atoms with Gasteiger partial charge in [0.05, 0.1) is 18.4 Å². The van der Waals surface area contributed by atoms with Gasteiger partial charge >= 0.3 is 0 Å². The molecule has 1 aromatic rings. The summed E-state index contributed by atoms with van der Waals surface area (Å²) in [4.78, 5) is 14.6. The Bertz CT molecular complexity index is 557. The van der Waals surface area contributed by atoms with Gasteiger partial charge in [0, 0.05) is 12.6 Å². The normalized spacial score (nSPS) is 21.5. The van der Waals surface area contributed by atoms with Gasteiger partial charge in [-0.15, -0.1) is 6.58 Å². The summed E-state index contributed by atoms with van der Waals surface area (Å²) in [5.41, 5.74) is 6.65. The van der Waals surface area contributed by atoms with Crippen molar-refractivity contribution in [3.05, 3.63) is 33.7 Å². The fraction of sp³-hybridized carbons (Fsp3) is 0.600. The molecule has 2 unspecified atom stereocenters. The molecule has 1 aliphatic carbocycles. The Hall–Kier alpha value is -1.14. The van der Waals surface area contributed by atoms with Crippen LogP contribution in [0.3, 0.4) is 0 Å². The molecule has 116 valence electrons. The first kappa shape index (κ1) is 16.2. The summed E-state index contributed by atoms with van der Waals surface area (Å²) in [6, 6.07) is 0.396. The number of rotatable bonds is 6. The molecule has 5 nitrogen and oxygen atoms in total. The Labute approximate surface area is 133 Å². The maximum Gasteiger partial charge on any atom is 0.283 e. The van der Waals surface area contributed by atoms with Crippen molar-refractivity contribution < 1.29 is 0 Å². The van der Waals surface area contributed by atoms with Crippen LogP contribution in [0.15, 0.2) is 28.1 Å². The minimum absolute atomic E-state index is 0.117. The van der Waals surface area contributed by atoms with Crippen molar-refractivity contribution in [2.24, 2.45) is 11.7 Å². The van der Waals surface area contributed by atoms with Crippen LogP contribution in [0.1, 0.15) is 26.2 Å². The zero-order valence-corrected chi connectivity index (χ0v) is 14.1. The van der Waals surface area contributed by atoms with Crippen molar-refractivity contribution in [2.75, 3.05) is 18.0 Å². The smallest absolute Gasteiger partial charge is 0.283 e. The molecule has 1 aliphatic rings. The van der Waals surface area contributed by atoms with Crippen LogP contribution >= 0.6 is 15.9 Å². The van der Waals surface area contributed by atoms with E-state index in [1.807, 2.05) is 0 Å². The second-order valence-electron chi connectivity index (χ2n) is 5.40. The second kappa shape index (κ2) is 7.22. The molecule has 1 saturated carbocycles. The van der Waals surface area contributed by atoms with E-state index < -0.39 is 0 Å². The summed E-state index contributed by atoms with van der Waals surface area (Å²) in [5.74, 6) is 0.493. The van der Waals surface area contributed by atoms with Gasteiger partial charge in [0.2, 0.25) is 0 Å². The molecule has 0 bridgehead atoms. The van der Waals surface area contributed by atoms with E-state index in [1.54, 1.807) is 12.3 Å². The predicted octanol–water partition coefficient (Wildman–Crippen LogP) is 2.15. The van der Waals surface area contributed by atoms with Crippen LogP contribution in [0.4, 0.5) is 5.69 Å². The molecule has 2 N–H and O–H groups in total. The van der Waals surface area contributed by atoms with Crippen LogP contribution in [-0.2, 0) is 6.54 Å². The van der Waals surface area contributed by atoms with Crippen molar-refractivity contribution in [3.63, 3.8) is 0 Å². The summed E-state index contributed by atoms with van der Waals surface area (Å²) in [6.45, 7) is 7.70. The van der Waals surface area contributed by atoms with Crippen LogP contribution in [-0.4, -0.2) is 28.9 Å². The molecule has 0 amide bonds. The highest BCUT2D eigenvalue weighted by Gasteiger charge is 2.32. The summed E-state index contributed by atoms with van der Waals surface area (Å²) in [5, 5.41) is 4.25. The highest BCUT2D eigenvalue weighted by molar-refractivity contribution is 9.10. The zero-order chi connectivity index (χ0) is 15.4. The van der Waals surface area contributed by atoms with Gasteiger partial charge in [-0.05, 0) is 48.2 Å². The summed E-state index contributed by atoms with van der Waals surface area (Å²) < 4.78 is 1.98. The molecular weight excluding hydrogens is 332 g/mol. The maximum atomic E-state index is 12.3. The lowest BCUT2D eigenvalue weighted by Gasteiger charge is -2.34. The van der Waals surface area contributed by atoms with Crippen molar-refractivity contribution >= 4 is 21.6 Å². The van der Waals surface area contributed by atoms with Crippen molar-refractivity contribution in [1.29, 1.82) is 0 Å². The maximum absolute atomic E-state index is 12.3. The van der Waals surface area contributed by atoms with E-state index in [4.69, 9.17) is 5.73 Å². The first-order valence-electron chi connectivity index (χ1n) is 7.47. The Kier molecular flexibility index (Phi) is 5.58. The third kappa shape index (κ3) is 3.21. The first-order valence-corrected chi connectivity index (χ1v) is 8.26. The molecular formula is C15H23BrN4O. The average molecular weight is 355 g/mol. The lowest BCUT2D eigenvalue weighted by Crippen LogP contribution is -2.41. The molecule has 2 rings (SSSR count). The molecule has 1 aromatic heterocycles. The van der Waals surface area contributed by atoms with Gasteiger partial charge in [0.25, 0.3) is 5.56 Å². The van der Waals surface area contributed by atoms with Crippen molar-refractivity contribution in [3.8, 4) is 0 Å². The van der Waals surface area contributed by atoms with Gasteiger partial charge in [-0.1, -0.05) is 12.5 Å². The van der Waals surface area contributed by atoms with Crippen LogP contribution < -0.4 is 16.2 Å². The Morgan fingerprint density at radius 3 is 3.00 bits per heavy atom. The molecule has 6 heteroatoms. The lowest BCUT2D eigenvalue weighted by atomic mass is 10.0. The summed E-state index contributed by atoms with van der Waals surface area (Å²) in [7, 11) is 0. The molecule has 21 heavy (non-hydrogen) atoms. The predicted molar refractivity (Wildman–Crippen MR) is 89.6 cm³/mol. The van der Waals surface area contributed by atoms with Crippen LogP contribution in [0.2, 0.25) is 0 Å². The fourth-order valence-electron chi connectivity index (χ4n) is 3.19. The monoisotopic (exact) mass is 354 g/mol. The van der Waals surface area contributed by atoms with E-state index >= 15 is 0 Å². The number of nitrogens with zero attached hydrogens (tertiary/aromatic N) is 3. The zero-order valence-electron chi connectivity index (χ0n) is 12.5. The Morgan fingerprint density at radius 2 is 2.38 bits per heavy atom. The quantitative estimate of drug-likeness (QED) is 0.795. The van der Waals surface area contributed by atoms with Crippen LogP contribution in [0, 0.1) is 5.92 Å². The van der Waals surface area contributed by atoms with Crippen LogP contribution in [0.5, 0.6) is 0 Å². The summed E-state index contributed by atoms with van der Waals surface area (Å²) >= 11 is 3.45. The standard InChI is InChI=1S/C15H23BrN4O/c1-3-8-20-15(21)14(16)13(10-18-20)19(4-2)12-7-5-6-11(12)9-17/h3,10-12H,1,4-9,17H2,2H3. The van der Waals surface area contributed by atoms with Gasteiger partial charge in [-0.3, -0.25) is 4.79 Å². The Morgan fingerprint density at radius 1 is 1.62 bits per heavy atom. The van der Waals surface area contributed by atoms with E-state index in [1.165, 1.54) is 11.1 Å². The SMILES string of the molecule is C=CCn1ncc(N(CC)C2CCCC2CN)c(Br)c1=O. The molecule has 0 aliphatic heterocycles. The molecule has 0 aromatic carbocycles. The first-order chi connectivity index (χ1) is 10.1. The van der Waals surface area contributed by atoms with Crippen molar-refractivity contribution in [1.82, 2.24) is 9.78 Å². The number of anilines is 1. The topological polar surface area (TPSA) is 64.2 Å². The average Bonchev–Trinajstić information content (AvgIpc) is 2.95. The fourth-order valence-corrected chi connectivity index (χ4v) is 3.73. The van der Waals surface area contributed by atoms with Crippen LogP contribution in [0.25, 0.3) is 0 Å². The largest absolute Gasteiger partial charge is 0.366 e. The number of aromatic nitrogens is 2. The minimum atomic E-state index is -0.117. The van der Waals surface area contributed by atoms with E-state index in [9.17, 15) is 4.79 Å². The van der Waals surface area contributed by atoms with Gasteiger partial charge in [0.15, 0.2) is 0 Å². The van der Waals surface area contributed by atoms with E-state index in [0.29, 0.717) is 29.5 Å². The highest BCUT2D eigenvalue weighted by atomic mass is 79.9. The molecule has 0 saturated heterocycles. The number of hydrogen-bond acceptors (Lipinski definition) is 4. The van der Waals surface area contributed by atoms with E-state index in [2.05, 4.69) is 39.4 Å². The Balaban J connectivity index is 2.36. The molecule has 0 radical (unpaired) electrons. The second-order valence-corrected chi connectivity index (χ2v) is 6.19. The molecule has 1 heterocycles. The van der Waals surface area contributed by atoms with E-state index in [0.717, 1.165) is 25.1 Å². The third-order valence-electron chi connectivity index (χ3n) is 4.24. The van der Waals surface area contributed by atoms with Gasteiger partial charge in [0.1, 0.15) is 4.47 Å². The molecule has 1 fully saturated rings.